The molecule has 0 aromatic rings. The second kappa shape index (κ2) is 6.50. The summed E-state index contributed by atoms with van der Waals surface area (Å²) < 4.78 is 5.00. The summed E-state index contributed by atoms with van der Waals surface area (Å²) in [6.45, 7) is 13.0. The van der Waals surface area contributed by atoms with Crippen LogP contribution in [0, 0.1) is 0 Å². The van der Waals surface area contributed by atoms with E-state index in [0.717, 1.165) is 0 Å². The van der Waals surface area contributed by atoms with Gasteiger partial charge in [0.05, 0.1) is 0 Å². The van der Waals surface area contributed by atoms with Crippen LogP contribution in [0.1, 0.15) is 48.5 Å². The van der Waals surface area contributed by atoms with Crippen LogP contribution in [0.4, 0.5) is 4.79 Å². The molecule has 5 nitrogen and oxygen atoms in total. The highest BCUT2D eigenvalue weighted by Gasteiger charge is 2.31. The van der Waals surface area contributed by atoms with Gasteiger partial charge in [-0.15, -0.1) is 0 Å². The van der Waals surface area contributed by atoms with Crippen LogP contribution in [-0.4, -0.2) is 38.8 Å². The number of thioether (sulfide) groups is 1. The first-order chi connectivity index (χ1) is 8.32. The Morgan fingerprint density at radius 2 is 1.63 bits per heavy atom. The van der Waals surface area contributed by atoms with Crippen LogP contribution in [0.2, 0.25) is 0 Å². The molecule has 112 valence electrons. The third-order valence-corrected chi connectivity index (χ3v) is 3.30. The second-order valence-corrected chi connectivity index (χ2v) is 8.60. The van der Waals surface area contributed by atoms with Crippen molar-refractivity contribution in [3.05, 3.63) is 0 Å². The van der Waals surface area contributed by atoms with E-state index in [9.17, 15) is 14.7 Å². The Morgan fingerprint density at radius 3 is 1.95 bits per heavy atom. The fourth-order valence-electron chi connectivity index (χ4n) is 1.44. The number of nitrogens with one attached hydrogen (secondary N) is 1. The van der Waals surface area contributed by atoms with Crippen molar-refractivity contribution in [3.8, 4) is 0 Å². The number of carboxylic acids is 1. The van der Waals surface area contributed by atoms with Crippen LogP contribution in [0.3, 0.4) is 0 Å². The predicted molar refractivity (Wildman–Crippen MR) is 77.6 cm³/mol. The van der Waals surface area contributed by atoms with Crippen molar-refractivity contribution in [1.29, 1.82) is 0 Å². The zero-order valence-corrected chi connectivity index (χ0v) is 13.6. The minimum Gasteiger partial charge on any atom is -0.480 e. The van der Waals surface area contributed by atoms with Crippen molar-refractivity contribution in [2.45, 2.75) is 70.1 Å². The van der Waals surface area contributed by atoms with Gasteiger partial charge < -0.3 is 15.2 Å². The molecule has 0 aromatic carbocycles. The molecule has 0 aliphatic rings. The van der Waals surface area contributed by atoms with Gasteiger partial charge in [0.1, 0.15) is 11.6 Å². The molecule has 19 heavy (non-hydrogen) atoms. The minimum absolute atomic E-state index is 0.0806. The molecule has 2 N–H and O–H groups in total. The highest BCUT2D eigenvalue weighted by atomic mass is 32.2. The lowest BCUT2D eigenvalue weighted by atomic mass is 10.2. The van der Waals surface area contributed by atoms with Crippen molar-refractivity contribution in [1.82, 2.24) is 5.32 Å². The monoisotopic (exact) mass is 291 g/mol. The smallest absolute Gasteiger partial charge is 0.408 e. The molecule has 0 radical (unpaired) electrons. The van der Waals surface area contributed by atoms with Gasteiger partial charge in [-0.1, -0.05) is 27.7 Å². The van der Waals surface area contributed by atoms with Crippen molar-refractivity contribution in [2.24, 2.45) is 0 Å². The summed E-state index contributed by atoms with van der Waals surface area (Å²) in [4.78, 5) is 22.9. The van der Waals surface area contributed by atoms with Crippen LogP contribution in [0.25, 0.3) is 0 Å². The van der Waals surface area contributed by atoms with Gasteiger partial charge in [-0.05, 0) is 20.8 Å². The number of amides is 1. The van der Waals surface area contributed by atoms with E-state index in [2.05, 4.69) is 5.32 Å². The van der Waals surface area contributed by atoms with Gasteiger partial charge in [0.25, 0.3) is 0 Å². The maximum Gasteiger partial charge on any atom is 0.408 e. The SMILES string of the molecule is C[C@H](SC(C)(C)C)[C@H](NC(=O)OC(C)(C)C)C(=O)O. The Bertz CT molecular complexity index is 331. The summed E-state index contributed by atoms with van der Waals surface area (Å²) in [5.74, 6) is -1.06. The Labute approximate surface area is 119 Å². The van der Waals surface area contributed by atoms with E-state index in [1.165, 1.54) is 11.8 Å². The maximum atomic E-state index is 11.6. The Hall–Kier alpha value is -0.910. The lowest BCUT2D eigenvalue weighted by Crippen LogP contribution is -2.49. The number of hydrogen-bond donors (Lipinski definition) is 2. The van der Waals surface area contributed by atoms with Gasteiger partial charge in [0.2, 0.25) is 0 Å². The first kappa shape index (κ1) is 18.1. The number of carbonyl (C=O) groups excluding carboxylic acids is 1. The highest BCUT2D eigenvalue weighted by molar-refractivity contribution is 8.01. The molecule has 0 heterocycles. The minimum atomic E-state index is -1.06. The third-order valence-electron chi connectivity index (χ3n) is 1.95. The summed E-state index contributed by atoms with van der Waals surface area (Å²) in [5, 5.41) is 11.4. The summed E-state index contributed by atoms with van der Waals surface area (Å²) >= 11 is 1.50. The number of aliphatic carboxylic acids is 1. The van der Waals surface area contributed by atoms with E-state index >= 15 is 0 Å². The Balaban J connectivity index is 4.67. The fraction of sp³-hybridized carbons (Fsp3) is 0.846. The molecular formula is C13H25NO4S. The molecule has 0 saturated carbocycles. The molecule has 1 amide bonds. The van der Waals surface area contributed by atoms with Crippen LogP contribution >= 0.6 is 11.8 Å². The van der Waals surface area contributed by atoms with Gasteiger partial charge in [0.15, 0.2) is 0 Å². The van der Waals surface area contributed by atoms with E-state index < -0.39 is 23.7 Å². The van der Waals surface area contributed by atoms with Crippen LogP contribution in [0.15, 0.2) is 0 Å². The number of carboxylic acid groups (broad SMARTS) is 1. The Kier molecular flexibility index (Phi) is 6.19. The topological polar surface area (TPSA) is 75.6 Å². The zero-order chi connectivity index (χ0) is 15.4. The van der Waals surface area contributed by atoms with Gasteiger partial charge >= 0.3 is 12.1 Å². The van der Waals surface area contributed by atoms with Crippen LogP contribution < -0.4 is 5.32 Å². The molecule has 0 rings (SSSR count). The first-order valence-electron chi connectivity index (χ1n) is 6.22. The van der Waals surface area contributed by atoms with Gasteiger partial charge in [-0.3, -0.25) is 0 Å². The van der Waals surface area contributed by atoms with Gasteiger partial charge in [0, 0.05) is 10.00 Å². The van der Waals surface area contributed by atoms with E-state index in [0.29, 0.717) is 0 Å². The Morgan fingerprint density at radius 1 is 1.16 bits per heavy atom. The van der Waals surface area contributed by atoms with Crippen LogP contribution in [0.5, 0.6) is 0 Å². The number of carbonyl (C=O) groups is 2. The normalized spacial score (nSPS) is 15.5. The highest BCUT2D eigenvalue weighted by Crippen LogP contribution is 2.29. The molecule has 0 aromatic heterocycles. The largest absolute Gasteiger partial charge is 0.480 e. The lowest BCUT2D eigenvalue weighted by molar-refractivity contribution is -0.139. The summed E-state index contributed by atoms with van der Waals surface area (Å²) in [6, 6.07) is -0.973. The zero-order valence-electron chi connectivity index (χ0n) is 12.7. The third kappa shape index (κ3) is 8.75. The van der Waals surface area contributed by atoms with E-state index in [-0.39, 0.29) is 10.00 Å². The van der Waals surface area contributed by atoms with E-state index in [1.807, 2.05) is 20.8 Å². The van der Waals surface area contributed by atoms with Crippen molar-refractivity contribution >= 4 is 23.8 Å². The van der Waals surface area contributed by atoms with Gasteiger partial charge in [-0.2, -0.15) is 11.8 Å². The molecule has 0 spiro atoms. The maximum absolute atomic E-state index is 11.6. The van der Waals surface area contributed by atoms with Crippen molar-refractivity contribution < 1.29 is 19.4 Å². The molecule has 6 heteroatoms. The van der Waals surface area contributed by atoms with Crippen molar-refractivity contribution in [2.75, 3.05) is 0 Å². The second-order valence-electron chi connectivity index (χ2n) is 6.40. The molecule has 0 aliphatic carbocycles. The quantitative estimate of drug-likeness (QED) is 0.833. The number of alkyl carbamates (subject to hydrolysis) is 1. The average Bonchev–Trinajstić information content (AvgIpc) is 2.07. The number of rotatable bonds is 4. The molecule has 2 atom stereocenters. The summed E-state index contributed by atoms with van der Waals surface area (Å²) in [6.07, 6.45) is -0.707. The molecule has 0 aliphatic heterocycles. The van der Waals surface area contributed by atoms with Gasteiger partial charge in [-0.25, -0.2) is 9.59 Å². The molecule has 0 unspecified atom stereocenters. The number of hydrogen-bond acceptors (Lipinski definition) is 4. The number of ether oxygens (including phenoxy) is 1. The standard InChI is InChI=1S/C13H25NO4S/c1-8(19-13(5,6)7)9(10(15)16)14-11(17)18-12(2,3)4/h8-9H,1-7H3,(H,14,17)(H,15,16)/t8-,9-/m0/s1. The molecular weight excluding hydrogens is 266 g/mol. The predicted octanol–water partition coefficient (Wildman–Crippen LogP) is 2.88. The molecule has 0 fully saturated rings. The van der Waals surface area contributed by atoms with Crippen molar-refractivity contribution in [3.63, 3.8) is 0 Å². The summed E-state index contributed by atoms with van der Waals surface area (Å²) in [7, 11) is 0. The van der Waals surface area contributed by atoms with E-state index in [1.54, 1.807) is 27.7 Å². The summed E-state index contributed by atoms with van der Waals surface area (Å²) in [5.41, 5.74) is -0.645. The fourth-order valence-corrected chi connectivity index (χ4v) is 2.88. The van der Waals surface area contributed by atoms with Crippen LogP contribution in [-0.2, 0) is 9.53 Å². The molecule has 0 saturated heterocycles. The lowest BCUT2D eigenvalue weighted by Gasteiger charge is -2.28. The molecule has 0 bridgehead atoms. The first-order valence-corrected chi connectivity index (χ1v) is 7.10. The average molecular weight is 291 g/mol. The van der Waals surface area contributed by atoms with E-state index in [4.69, 9.17) is 4.74 Å².